The molecule has 0 unspecified atom stereocenters. The number of fused-ring (bicyclic) bond motifs is 3. The van der Waals surface area contributed by atoms with E-state index >= 15 is 14.4 Å². The van der Waals surface area contributed by atoms with Gasteiger partial charge in [0.25, 0.3) is 0 Å². The molecule has 72 heavy (non-hydrogen) atoms. The molecular formula is C55H53N3O14. The highest BCUT2D eigenvalue weighted by Gasteiger charge is 2.75. The van der Waals surface area contributed by atoms with Crippen molar-refractivity contribution in [3.8, 4) is 17.6 Å². The lowest BCUT2D eigenvalue weighted by atomic mass is 9.65. The first-order chi connectivity index (χ1) is 35.0. The van der Waals surface area contributed by atoms with Gasteiger partial charge in [-0.15, -0.1) is 0 Å². The lowest BCUT2D eigenvalue weighted by Gasteiger charge is -2.46. The molecule has 7 atom stereocenters. The van der Waals surface area contributed by atoms with Crippen molar-refractivity contribution < 1.29 is 67.4 Å². The highest BCUT2D eigenvalue weighted by atomic mass is 16.6. The van der Waals surface area contributed by atoms with E-state index < -0.39 is 83.4 Å². The molecule has 372 valence electrons. The Hall–Kier alpha value is -7.88. The number of anilines is 1. The fourth-order valence-corrected chi connectivity index (χ4v) is 10.1. The van der Waals surface area contributed by atoms with Gasteiger partial charge in [-0.3, -0.25) is 28.9 Å². The largest absolute Gasteiger partial charge is 0.491 e. The Morgan fingerprint density at radius 3 is 2.03 bits per heavy atom. The first kappa shape index (κ1) is 50.5. The first-order valence-electron chi connectivity index (χ1n) is 23.2. The Morgan fingerprint density at radius 2 is 1.40 bits per heavy atom. The molecule has 0 radical (unpaired) electrons. The monoisotopic (exact) mass is 979 g/mol. The summed E-state index contributed by atoms with van der Waals surface area (Å²) in [6.07, 6.45) is -3.63. The highest BCUT2D eigenvalue weighted by Crippen LogP contribution is 2.66. The summed E-state index contributed by atoms with van der Waals surface area (Å²) in [7, 11) is 3.68. The number of imide groups is 1. The van der Waals surface area contributed by atoms with Crippen LogP contribution in [0.1, 0.15) is 64.1 Å². The van der Waals surface area contributed by atoms with Gasteiger partial charge < -0.3 is 44.0 Å². The van der Waals surface area contributed by atoms with Gasteiger partial charge in [0.05, 0.1) is 57.2 Å². The number of hydrogen-bond acceptors (Lipinski definition) is 15. The maximum Gasteiger partial charge on any atom is 0.421 e. The summed E-state index contributed by atoms with van der Waals surface area (Å²) in [4.78, 5) is 89.9. The Morgan fingerprint density at radius 1 is 0.764 bits per heavy atom. The highest BCUT2D eigenvalue weighted by molar-refractivity contribution is 6.23. The molecule has 3 amide bonds. The molecule has 17 nitrogen and oxygen atoms in total. The van der Waals surface area contributed by atoms with Crippen molar-refractivity contribution in [1.29, 1.82) is 0 Å². The van der Waals surface area contributed by atoms with E-state index in [1.54, 1.807) is 60.7 Å². The number of benzene rings is 5. The smallest absolute Gasteiger partial charge is 0.421 e. The standard InChI is InChI=1S/C55H53N3O14/c1-67-30-31-71-54(66)57-42-27-22-34(14-13-21-40(50(62)68-2)51(63)69-3)32-41(42)55(53(57)65)44(49(61)56-33-43(60)35-15-7-4-8-16-35)46-52(64)72-47(37-19-11-6-12-20-37)45(36-17-9-5-10-18-36)58(46)48(55)38-23-25-39(26-24-38)70-29-28-59/h4-12,15-20,22-27,32,40,43-48,59-60H,21,28-31,33H2,1-3H3,(H,56,61)/t43-,44+,45+,46+,47-,48-,55+/m0/s1. The van der Waals surface area contributed by atoms with Crippen molar-refractivity contribution >= 4 is 41.5 Å². The number of nitrogens with zero attached hydrogens (tertiary/aromatic N) is 2. The van der Waals surface area contributed by atoms with Crippen LogP contribution in [-0.4, -0.2) is 111 Å². The molecule has 0 bridgehead atoms. The number of carbonyl (C=O) groups is 6. The number of methoxy groups -OCH3 is 3. The zero-order valence-electron chi connectivity index (χ0n) is 39.7. The summed E-state index contributed by atoms with van der Waals surface area (Å²) in [5.41, 5.74) is 0.352. The third-order valence-corrected chi connectivity index (χ3v) is 13.2. The molecule has 3 aliphatic heterocycles. The van der Waals surface area contributed by atoms with Gasteiger partial charge in [-0.2, -0.15) is 0 Å². The molecular weight excluding hydrogens is 927 g/mol. The zero-order chi connectivity index (χ0) is 50.9. The minimum Gasteiger partial charge on any atom is -0.491 e. The average molecular weight is 980 g/mol. The quantitative estimate of drug-likeness (QED) is 0.0387. The predicted molar refractivity (Wildman–Crippen MR) is 258 cm³/mol. The van der Waals surface area contributed by atoms with Crippen LogP contribution in [0.5, 0.6) is 5.75 Å². The number of carbonyl (C=O) groups excluding carboxylic acids is 6. The molecule has 0 aliphatic carbocycles. The van der Waals surface area contributed by atoms with Gasteiger partial charge in [-0.25, -0.2) is 9.69 Å². The number of aliphatic hydroxyl groups excluding tert-OH is 2. The fraction of sp³-hybridized carbons (Fsp3) is 0.309. The van der Waals surface area contributed by atoms with Gasteiger partial charge >= 0.3 is 24.0 Å². The third-order valence-electron chi connectivity index (χ3n) is 13.2. The molecule has 2 fully saturated rings. The van der Waals surface area contributed by atoms with Crippen LogP contribution in [0.25, 0.3) is 0 Å². The van der Waals surface area contributed by atoms with E-state index in [1.165, 1.54) is 19.2 Å². The fourth-order valence-electron chi connectivity index (χ4n) is 10.1. The summed E-state index contributed by atoms with van der Waals surface area (Å²) in [6, 6.07) is 34.5. The van der Waals surface area contributed by atoms with Crippen LogP contribution in [0.4, 0.5) is 10.5 Å². The lowest BCUT2D eigenvalue weighted by molar-refractivity contribution is -0.178. The second kappa shape index (κ2) is 22.5. The molecule has 8 rings (SSSR count). The summed E-state index contributed by atoms with van der Waals surface area (Å²) >= 11 is 0. The van der Waals surface area contributed by atoms with Gasteiger partial charge in [0.15, 0.2) is 5.92 Å². The molecule has 0 aromatic heterocycles. The number of hydrogen-bond donors (Lipinski definition) is 3. The van der Waals surface area contributed by atoms with Crippen LogP contribution in [0.3, 0.4) is 0 Å². The third kappa shape index (κ3) is 9.64. The maximum absolute atomic E-state index is 16.4. The number of rotatable bonds is 16. The minimum atomic E-state index is -2.22. The van der Waals surface area contributed by atoms with E-state index in [9.17, 15) is 24.6 Å². The predicted octanol–water partition coefficient (Wildman–Crippen LogP) is 5.06. The Bertz CT molecular complexity index is 2820. The minimum absolute atomic E-state index is 0.0120. The van der Waals surface area contributed by atoms with Crippen LogP contribution < -0.4 is 15.0 Å². The van der Waals surface area contributed by atoms with E-state index in [0.29, 0.717) is 28.0 Å². The normalized spacial score (nSPS) is 21.4. The van der Waals surface area contributed by atoms with E-state index in [2.05, 4.69) is 17.2 Å². The van der Waals surface area contributed by atoms with Crippen molar-refractivity contribution in [2.45, 2.75) is 42.2 Å². The molecule has 5 aromatic rings. The van der Waals surface area contributed by atoms with E-state index in [0.717, 1.165) is 19.1 Å². The Balaban J connectivity index is 1.41. The number of aliphatic hydroxyl groups is 2. The number of amides is 3. The summed E-state index contributed by atoms with van der Waals surface area (Å²) in [5, 5.41) is 23.9. The summed E-state index contributed by atoms with van der Waals surface area (Å²) in [5.74, 6) is -1.18. The summed E-state index contributed by atoms with van der Waals surface area (Å²) < 4.78 is 32.8. The van der Waals surface area contributed by atoms with Crippen molar-refractivity contribution in [2.75, 3.05) is 59.2 Å². The molecule has 3 aliphatic rings. The number of ether oxygens (including phenoxy) is 6. The summed E-state index contributed by atoms with van der Waals surface area (Å²) in [6.45, 7) is -0.886. The SMILES string of the molecule is COCCOC(=O)N1C(=O)[C@@]2(c3cc(C#CCC(C(=O)OC)C(=O)OC)ccc31)[C@H](c1ccc(OCCO)cc1)N1[C@H](c3ccccc3)[C@H](c3ccccc3)OC(=O)[C@H]1[C@@H]2C(=O)NC[C@H](O)c1ccccc1. The number of cyclic esters (lactones) is 1. The molecule has 1 spiro atoms. The van der Waals surface area contributed by atoms with E-state index in [-0.39, 0.29) is 56.2 Å². The van der Waals surface area contributed by atoms with Crippen molar-refractivity contribution in [1.82, 2.24) is 10.2 Å². The van der Waals surface area contributed by atoms with Crippen molar-refractivity contribution in [2.24, 2.45) is 11.8 Å². The molecule has 2 saturated heterocycles. The van der Waals surface area contributed by atoms with Gasteiger partial charge in [0, 0.05) is 25.6 Å². The van der Waals surface area contributed by atoms with Crippen LogP contribution in [0.2, 0.25) is 0 Å². The van der Waals surface area contributed by atoms with Gasteiger partial charge in [-0.05, 0) is 58.1 Å². The number of esters is 3. The van der Waals surface area contributed by atoms with Crippen LogP contribution >= 0.6 is 0 Å². The number of morpholine rings is 1. The van der Waals surface area contributed by atoms with Crippen LogP contribution in [-0.2, 0) is 53.1 Å². The van der Waals surface area contributed by atoms with Crippen molar-refractivity contribution in [3.05, 3.63) is 167 Å². The Labute approximate surface area is 415 Å². The molecule has 3 heterocycles. The molecule has 3 N–H and O–H groups in total. The average Bonchev–Trinajstić information content (AvgIpc) is 3.87. The van der Waals surface area contributed by atoms with Crippen LogP contribution in [0.15, 0.2) is 133 Å². The van der Waals surface area contributed by atoms with Gasteiger partial charge in [-0.1, -0.05) is 115 Å². The first-order valence-corrected chi connectivity index (χ1v) is 23.2. The van der Waals surface area contributed by atoms with Gasteiger partial charge in [0.2, 0.25) is 11.8 Å². The zero-order valence-corrected chi connectivity index (χ0v) is 39.7. The van der Waals surface area contributed by atoms with Crippen molar-refractivity contribution in [3.63, 3.8) is 0 Å². The van der Waals surface area contributed by atoms with E-state index in [1.807, 2.05) is 65.6 Å². The molecule has 0 saturated carbocycles. The second-order valence-electron chi connectivity index (χ2n) is 17.2. The second-order valence-corrected chi connectivity index (χ2v) is 17.2. The van der Waals surface area contributed by atoms with E-state index in [4.69, 9.17) is 28.4 Å². The number of nitrogens with one attached hydrogen (secondary N) is 1. The van der Waals surface area contributed by atoms with Gasteiger partial charge in [0.1, 0.15) is 36.5 Å². The van der Waals surface area contributed by atoms with Crippen LogP contribution in [0, 0.1) is 23.7 Å². The molecule has 17 heteroatoms. The Kier molecular flexibility index (Phi) is 15.8. The topological polar surface area (TPSA) is 217 Å². The molecule has 5 aromatic carbocycles. The maximum atomic E-state index is 16.4. The lowest BCUT2D eigenvalue weighted by Crippen LogP contribution is -2.56.